The Bertz CT molecular complexity index is 424. The van der Waals surface area contributed by atoms with Crippen LogP contribution < -0.4 is 0 Å². The number of carbonyl (C=O) groups excluding carboxylic acids is 1. The molecule has 1 aliphatic rings. The molecule has 0 radical (unpaired) electrons. The van der Waals surface area contributed by atoms with Crippen molar-refractivity contribution in [3.05, 3.63) is 30.1 Å². The SMILES string of the molecule is CC1CCCCN1C(=O)CSc1ccccc1F. The lowest BCUT2D eigenvalue weighted by Gasteiger charge is -2.33. The first-order chi connectivity index (χ1) is 8.68. The Morgan fingerprint density at radius 1 is 1.44 bits per heavy atom. The average molecular weight is 267 g/mol. The van der Waals surface area contributed by atoms with Gasteiger partial charge in [0, 0.05) is 17.5 Å². The van der Waals surface area contributed by atoms with E-state index in [1.165, 1.54) is 24.2 Å². The van der Waals surface area contributed by atoms with Gasteiger partial charge in [-0.3, -0.25) is 4.79 Å². The number of halogens is 1. The smallest absolute Gasteiger partial charge is 0.233 e. The van der Waals surface area contributed by atoms with Gasteiger partial charge in [-0.1, -0.05) is 12.1 Å². The highest BCUT2D eigenvalue weighted by Crippen LogP contribution is 2.23. The molecule has 1 fully saturated rings. The van der Waals surface area contributed by atoms with Crippen molar-refractivity contribution >= 4 is 17.7 Å². The molecular formula is C14H18FNOS. The van der Waals surface area contributed by atoms with Gasteiger partial charge in [-0.2, -0.15) is 0 Å². The number of nitrogens with zero attached hydrogens (tertiary/aromatic N) is 1. The number of piperidine rings is 1. The fraction of sp³-hybridized carbons (Fsp3) is 0.500. The van der Waals surface area contributed by atoms with E-state index in [4.69, 9.17) is 0 Å². The van der Waals surface area contributed by atoms with Crippen LogP contribution in [0.3, 0.4) is 0 Å². The summed E-state index contributed by atoms with van der Waals surface area (Å²) in [6.07, 6.45) is 3.36. The summed E-state index contributed by atoms with van der Waals surface area (Å²) in [6, 6.07) is 6.92. The van der Waals surface area contributed by atoms with Crippen molar-refractivity contribution in [1.29, 1.82) is 0 Å². The third kappa shape index (κ3) is 3.25. The van der Waals surface area contributed by atoms with Gasteiger partial charge in [-0.25, -0.2) is 4.39 Å². The van der Waals surface area contributed by atoms with Gasteiger partial charge in [0.2, 0.25) is 5.91 Å². The molecule has 2 nitrogen and oxygen atoms in total. The molecule has 1 amide bonds. The molecule has 0 aliphatic carbocycles. The van der Waals surface area contributed by atoms with Gasteiger partial charge in [-0.05, 0) is 38.3 Å². The Morgan fingerprint density at radius 2 is 2.22 bits per heavy atom. The standard InChI is InChI=1S/C14H18FNOS/c1-11-6-4-5-9-16(11)14(17)10-18-13-8-3-2-7-12(13)15/h2-3,7-8,11H,4-6,9-10H2,1H3. The van der Waals surface area contributed by atoms with E-state index < -0.39 is 0 Å². The predicted molar refractivity (Wildman–Crippen MR) is 72.2 cm³/mol. The first-order valence-corrected chi connectivity index (χ1v) is 7.34. The normalized spacial score (nSPS) is 19.9. The number of amides is 1. The van der Waals surface area contributed by atoms with Gasteiger partial charge in [-0.15, -0.1) is 11.8 Å². The maximum atomic E-state index is 13.4. The second kappa shape index (κ2) is 6.23. The maximum absolute atomic E-state index is 13.4. The van der Waals surface area contributed by atoms with Crippen LogP contribution in [0.2, 0.25) is 0 Å². The Morgan fingerprint density at radius 3 is 2.94 bits per heavy atom. The molecular weight excluding hydrogens is 249 g/mol. The summed E-state index contributed by atoms with van der Waals surface area (Å²) in [4.78, 5) is 14.6. The summed E-state index contributed by atoms with van der Waals surface area (Å²) in [7, 11) is 0. The zero-order valence-corrected chi connectivity index (χ0v) is 11.4. The topological polar surface area (TPSA) is 20.3 Å². The molecule has 4 heteroatoms. The molecule has 1 heterocycles. The van der Waals surface area contributed by atoms with E-state index in [1.807, 2.05) is 4.90 Å². The molecule has 1 aliphatic heterocycles. The van der Waals surface area contributed by atoms with Crippen molar-refractivity contribution in [2.24, 2.45) is 0 Å². The van der Waals surface area contributed by atoms with Crippen LogP contribution >= 0.6 is 11.8 Å². The van der Waals surface area contributed by atoms with Gasteiger partial charge in [0.15, 0.2) is 0 Å². The first-order valence-electron chi connectivity index (χ1n) is 6.35. The molecule has 0 N–H and O–H groups in total. The monoisotopic (exact) mass is 267 g/mol. The molecule has 0 aromatic heterocycles. The summed E-state index contributed by atoms with van der Waals surface area (Å²) in [5.41, 5.74) is 0. The van der Waals surface area contributed by atoms with Gasteiger partial charge >= 0.3 is 0 Å². The van der Waals surface area contributed by atoms with E-state index in [-0.39, 0.29) is 11.7 Å². The number of hydrogen-bond donors (Lipinski definition) is 0. The van der Waals surface area contributed by atoms with Crippen LogP contribution in [-0.2, 0) is 4.79 Å². The zero-order chi connectivity index (χ0) is 13.0. The molecule has 1 atom stereocenters. The molecule has 2 rings (SSSR count). The predicted octanol–water partition coefficient (Wildman–Crippen LogP) is 3.32. The maximum Gasteiger partial charge on any atom is 0.233 e. The molecule has 1 unspecified atom stereocenters. The Balaban J connectivity index is 1.90. The number of rotatable bonds is 3. The van der Waals surface area contributed by atoms with E-state index in [1.54, 1.807) is 18.2 Å². The zero-order valence-electron chi connectivity index (χ0n) is 10.6. The largest absolute Gasteiger partial charge is 0.339 e. The summed E-state index contributed by atoms with van der Waals surface area (Å²) in [5, 5.41) is 0. The molecule has 0 spiro atoms. The number of thioether (sulfide) groups is 1. The van der Waals surface area contributed by atoms with E-state index in [9.17, 15) is 9.18 Å². The van der Waals surface area contributed by atoms with Gasteiger partial charge in [0.05, 0.1) is 5.75 Å². The summed E-state index contributed by atoms with van der Waals surface area (Å²) < 4.78 is 13.4. The summed E-state index contributed by atoms with van der Waals surface area (Å²) in [6.45, 7) is 2.93. The molecule has 0 bridgehead atoms. The van der Waals surface area contributed by atoms with Crippen LogP contribution in [0.1, 0.15) is 26.2 Å². The van der Waals surface area contributed by atoms with Crippen molar-refractivity contribution in [3.8, 4) is 0 Å². The van der Waals surface area contributed by atoms with Gasteiger partial charge in [0.25, 0.3) is 0 Å². The van der Waals surface area contributed by atoms with Crippen LogP contribution in [0.5, 0.6) is 0 Å². The summed E-state index contributed by atoms with van der Waals surface area (Å²) in [5.74, 6) is 0.197. The average Bonchev–Trinajstić information content (AvgIpc) is 2.38. The third-order valence-corrected chi connectivity index (χ3v) is 4.34. The Labute approximate surface area is 112 Å². The fourth-order valence-corrected chi connectivity index (χ4v) is 3.08. The lowest BCUT2D eigenvalue weighted by molar-refractivity contribution is -0.131. The molecule has 18 heavy (non-hydrogen) atoms. The van der Waals surface area contributed by atoms with Crippen molar-refractivity contribution < 1.29 is 9.18 Å². The lowest BCUT2D eigenvalue weighted by Crippen LogP contribution is -2.42. The van der Waals surface area contributed by atoms with E-state index in [2.05, 4.69) is 6.92 Å². The van der Waals surface area contributed by atoms with Crippen molar-refractivity contribution in [1.82, 2.24) is 4.90 Å². The molecule has 1 aromatic carbocycles. The fourth-order valence-electron chi connectivity index (χ4n) is 2.25. The highest BCUT2D eigenvalue weighted by Gasteiger charge is 2.23. The minimum absolute atomic E-state index is 0.121. The van der Waals surface area contributed by atoms with Crippen LogP contribution in [0, 0.1) is 5.82 Å². The number of likely N-dealkylation sites (tertiary alicyclic amines) is 1. The van der Waals surface area contributed by atoms with E-state index in [0.717, 1.165) is 19.4 Å². The molecule has 1 saturated heterocycles. The lowest BCUT2D eigenvalue weighted by atomic mass is 10.0. The first kappa shape index (κ1) is 13.4. The van der Waals surface area contributed by atoms with Gasteiger partial charge in [0.1, 0.15) is 5.82 Å². The second-order valence-corrected chi connectivity index (χ2v) is 5.67. The van der Waals surface area contributed by atoms with E-state index >= 15 is 0 Å². The molecule has 98 valence electrons. The minimum atomic E-state index is -0.248. The van der Waals surface area contributed by atoms with Crippen LogP contribution in [0.4, 0.5) is 4.39 Å². The number of benzene rings is 1. The molecule has 1 aromatic rings. The Hall–Kier alpha value is -1.03. The quantitative estimate of drug-likeness (QED) is 0.783. The van der Waals surface area contributed by atoms with Crippen LogP contribution in [-0.4, -0.2) is 29.1 Å². The summed E-state index contributed by atoms with van der Waals surface area (Å²) >= 11 is 1.28. The Kier molecular flexibility index (Phi) is 4.64. The third-order valence-electron chi connectivity index (χ3n) is 3.31. The number of hydrogen-bond acceptors (Lipinski definition) is 2. The van der Waals surface area contributed by atoms with Crippen molar-refractivity contribution in [2.75, 3.05) is 12.3 Å². The van der Waals surface area contributed by atoms with Crippen LogP contribution in [0.15, 0.2) is 29.2 Å². The minimum Gasteiger partial charge on any atom is -0.339 e. The highest BCUT2D eigenvalue weighted by molar-refractivity contribution is 8.00. The van der Waals surface area contributed by atoms with Crippen molar-refractivity contribution in [3.63, 3.8) is 0 Å². The molecule has 0 saturated carbocycles. The number of carbonyl (C=O) groups is 1. The van der Waals surface area contributed by atoms with E-state index in [0.29, 0.717) is 16.7 Å². The highest BCUT2D eigenvalue weighted by atomic mass is 32.2. The second-order valence-electron chi connectivity index (χ2n) is 4.65. The van der Waals surface area contributed by atoms with Crippen LogP contribution in [0.25, 0.3) is 0 Å². The van der Waals surface area contributed by atoms with Crippen molar-refractivity contribution in [2.45, 2.75) is 37.1 Å². The van der Waals surface area contributed by atoms with Gasteiger partial charge < -0.3 is 4.90 Å².